The van der Waals surface area contributed by atoms with Gasteiger partial charge in [0.05, 0.1) is 22.6 Å². The Hall–Kier alpha value is -1.78. The van der Waals surface area contributed by atoms with E-state index in [0.717, 1.165) is 23.5 Å². The van der Waals surface area contributed by atoms with Crippen molar-refractivity contribution in [3.63, 3.8) is 0 Å². The molecule has 22 heavy (non-hydrogen) atoms. The Morgan fingerprint density at radius 3 is 2.59 bits per heavy atom. The minimum Gasteiger partial charge on any atom is -0.296 e. The Bertz CT molecular complexity index is 719. The number of carbonyl (C=O) groups excluding carboxylic acids is 1. The standard InChI is InChI=1S/C15H12F2N2OS2/c1-8(21-2)14(20)9(6-18)15-19-12(7-22-15)13-10(16)4-3-5-11(13)17/h3-5,7-9H,1-2H3/t8-,9-/m0/s1. The molecule has 0 fully saturated rings. The number of ketones is 1. The highest BCUT2D eigenvalue weighted by Gasteiger charge is 2.28. The number of hydrogen-bond acceptors (Lipinski definition) is 5. The van der Waals surface area contributed by atoms with E-state index in [-0.39, 0.29) is 27.3 Å². The summed E-state index contributed by atoms with van der Waals surface area (Å²) < 4.78 is 27.5. The van der Waals surface area contributed by atoms with Crippen molar-refractivity contribution in [3.05, 3.63) is 40.2 Å². The van der Waals surface area contributed by atoms with Gasteiger partial charge < -0.3 is 0 Å². The molecule has 0 saturated carbocycles. The highest BCUT2D eigenvalue weighted by molar-refractivity contribution is 7.99. The second-order valence-electron chi connectivity index (χ2n) is 4.51. The lowest BCUT2D eigenvalue weighted by Gasteiger charge is -2.10. The van der Waals surface area contributed by atoms with Gasteiger partial charge in [0.15, 0.2) is 11.7 Å². The number of Topliss-reactive ketones (excluding diaryl/α,β-unsaturated/α-hetero) is 1. The van der Waals surface area contributed by atoms with Gasteiger partial charge in [-0.1, -0.05) is 6.07 Å². The van der Waals surface area contributed by atoms with Crippen LogP contribution < -0.4 is 0 Å². The number of thiazole rings is 1. The maximum Gasteiger partial charge on any atom is 0.169 e. The average molecular weight is 338 g/mol. The van der Waals surface area contributed by atoms with E-state index < -0.39 is 17.6 Å². The van der Waals surface area contributed by atoms with Crippen molar-refractivity contribution in [1.29, 1.82) is 5.26 Å². The number of hydrogen-bond donors (Lipinski definition) is 0. The molecule has 0 unspecified atom stereocenters. The quantitative estimate of drug-likeness (QED) is 0.826. The van der Waals surface area contributed by atoms with Crippen LogP contribution >= 0.6 is 23.1 Å². The van der Waals surface area contributed by atoms with Crippen LogP contribution in [-0.4, -0.2) is 22.3 Å². The van der Waals surface area contributed by atoms with Crippen molar-refractivity contribution in [2.24, 2.45) is 0 Å². The average Bonchev–Trinajstić information content (AvgIpc) is 2.96. The van der Waals surface area contributed by atoms with Gasteiger partial charge in [0.2, 0.25) is 0 Å². The second-order valence-corrected chi connectivity index (χ2v) is 6.58. The van der Waals surface area contributed by atoms with Crippen molar-refractivity contribution in [3.8, 4) is 17.3 Å². The van der Waals surface area contributed by atoms with Gasteiger partial charge in [0.1, 0.15) is 16.6 Å². The predicted molar refractivity (Wildman–Crippen MR) is 83.8 cm³/mol. The highest BCUT2D eigenvalue weighted by Crippen LogP contribution is 2.31. The zero-order valence-corrected chi connectivity index (χ0v) is 13.5. The summed E-state index contributed by atoms with van der Waals surface area (Å²) in [6.45, 7) is 1.71. The van der Waals surface area contributed by atoms with Crippen LogP contribution in [0.2, 0.25) is 0 Å². The summed E-state index contributed by atoms with van der Waals surface area (Å²) in [7, 11) is 0. The van der Waals surface area contributed by atoms with E-state index in [1.54, 1.807) is 13.2 Å². The van der Waals surface area contributed by atoms with Gasteiger partial charge in [0, 0.05) is 5.38 Å². The summed E-state index contributed by atoms with van der Waals surface area (Å²) in [5.41, 5.74) is -0.146. The molecular formula is C15H12F2N2OS2. The number of carbonyl (C=O) groups is 1. The molecule has 0 spiro atoms. The van der Waals surface area contributed by atoms with Gasteiger partial charge in [-0.2, -0.15) is 17.0 Å². The first-order valence-electron chi connectivity index (χ1n) is 6.35. The van der Waals surface area contributed by atoms with Crippen molar-refractivity contribution < 1.29 is 13.6 Å². The lowest BCUT2D eigenvalue weighted by molar-refractivity contribution is -0.118. The Morgan fingerprint density at radius 2 is 2.05 bits per heavy atom. The van der Waals surface area contributed by atoms with Crippen LogP contribution in [0, 0.1) is 23.0 Å². The van der Waals surface area contributed by atoms with Gasteiger partial charge in [-0.05, 0) is 25.3 Å². The van der Waals surface area contributed by atoms with Crippen LogP contribution in [0.3, 0.4) is 0 Å². The zero-order valence-electron chi connectivity index (χ0n) is 11.8. The smallest absolute Gasteiger partial charge is 0.169 e. The second kappa shape index (κ2) is 6.99. The van der Waals surface area contributed by atoms with Gasteiger partial charge >= 0.3 is 0 Å². The van der Waals surface area contributed by atoms with Crippen LogP contribution in [-0.2, 0) is 4.79 Å². The predicted octanol–water partition coefficient (Wildman–Crippen LogP) is 4.02. The van der Waals surface area contributed by atoms with Gasteiger partial charge in [-0.25, -0.2) is 13.8 Å². The number of nitriles is 1. The number of nitrogens with zero attached hydrogens (tertiary/aromatic N) is 2. The van der Waals surface area contributed by atoms with Gasteiger partial charge in [-0.15, -0.1) is 11.3 Å². The third-order valence-corrected chi connectivity index (χ3v) is 5.00. The molecule has 114 valence electrons. The van der Waals surface area contributed by atoms with Crippen LogP contribution in [0.5, 0.6) is 0 Å². The lowest BCUT2D eigenvalue weighted by atomic mass is 10.0. The summed E-state index contributed by atoms with van der Waals surface area (Å²) in [6, 6.07) is 5.47. The Morgan fingerprint density at radius 1 is 1.41 bits per heavy atom. The summed E-state index contributed by atoms with van der Waals surface area (Å²) in [5.74, 6) is -2.73. The topological polar surface area (TPSA) is 53.8 Å². The fourth-order valence-electron chi connectivity index (χ4n) is 1.87. The first-order valence-corrected chi connectivity index (χ1v) is 8.52. The molecular weight excluding hydrogens is 326 g/mol. The molecule has 2 rings (SSSR count). The van der Waals surface area contributed by atoms with Crippen LogP contribution in [0.15, 0.2) is 23.6 Å². The van der Waals surface area contributed by atoms with E-state index in [1.807, 2.05) is 6.07 Å². The molecule has 2 atom stereocenters. The van der Waals surface area contributed by atoms with E-state index in [2.05, 4.69) is 4.98 Å². The number of thioether (sulfide) groups is 1. The number of rotatable bonds is 5. The number of aromatic nitrogens is 1. The Balaban J connectivity index is 2.39. The maximum atomic E-state index is 13.8. The van der Waals surface area contributed by atoms with E-state index in [0.29, 0.717) is 0 Å². The molecule has 0 aliphatic carbocycles. The fourth-order valence-corrected chi connectivity index (χ4v) is 3.10. The minimum absolute atomic E-state index is 0.0976. The Kier molecular flexibility index (Phi) is 5.27. The molecule has 7 heteroatoms. The van der Waals surface area contributed by atoms with Gasteiger partial charge in [-0.3, -0.25) is 4.79 Å². The molecule has 0 N–H and O–H groups in total. The first kappa shape index (κ1) is 16.6. The zero-order chi connectivity index (χ0) is 16.3. The molecule has 2 aromatic rings. The molecule has 0 radical (unpaired) electrons. The lowest BCUT2D eigenvalue weighted by Crippen LogP contribution is -2.20. The molecule has 3 nitrogen and oxygen atoms in total. The van der Waals surface area contributed by atoms with Crippen molar-refractivity contribution in [2.45, 2.75) is 18.1 Å². The third kappa shape index (κ3) is 3.18. The molecule has 1 heterocycles. The third-order valence-electron chi connectivity index (χ3n) is 3.16. The fraction of sp³-hybridized carbons (Fsp3) is 0.267. The molecule has 0 saturated heterocycles. The summed E-state index contributed by atoms with van der Waals surface area (Å²) in [5, 5.41) is 10.6. The highest BCUT2D eigenvalue weighted by atomic mass is 32.2. The van der Waals surface area contributed by atoms with Crippen molar-refractivity contribution in [2.75, 3.05) is 6.26 Å². The monoisotopic (exact) mass is 338 g/mol. The molecule has 0 aliphatic heterocycles. The summed E-state index contributed by atoms with van der Waals surface area (Å²) in [6.07, 6.45) is 1.78. The Labute approximate surface area is 135 Å². The molecule has 1 aromatic heterocycles. The van der Waals surface area contributed by atoms with Gasteiger partial charge in [0.25, 0.3) is 0 Å². The van der Waals surface area contributed by atoms with Crippen LogP contribution in [0.1, 0.15) is 17.8 Å². The molecule has 0 aliphatic rings. The molecule has 0 amide bonds. The molecule has 0 bridgehead atoms. The number of benzene rings is 1. The van der Waals surface area contributed by atoms with E-state index in [9.17, 15) is 18.8 Å². The minimum atomic E-state index is -1.02. The normalized spacial score (nSPS) is 13.4. The number of halogens is 2. The maximum absolute atomic E-state index is 13.8. The van der Waals surface area contributed by atoms with Crippen LogP contribution in [0.25, 0.3) is 11.3 Å². The summed E-state index contributed by atoms with van der Waals surface area (Å²) >= 11 is 2.39. The van der Waals surface area contributed by atoms with E-state index >= 15 is 0 Å². The van der Waals surface area contributed by atoms with E-state index in [1.165, 1.54) is 23.2 Å². The van der Waals surface area contributed by atoms with Crippen molar-refractivity contribution in [1.82, 2.24) is 4.98 Å². The van der Waals surface area contributed by atoms with Crippen LogP contribution in [0.4, 0.5) is 8.78 Å². The van der Waals surface area contributed by atoms with Crippen molar-refractivity contribution >= 4 is 28.9 Å². The first-order chi connectivity index (χ1) is 10.5. The van der Waals surface area contributed by atoms with E-state index in [4.69, 9.17) is 0 Å². The summed E-state index contributed by atoms with van der Waals surface area (Å²) in [4.78, 5) is 16.3. The SMILES string of the molecule is CS[C@@H](C)C(=O)[C@H](C#N)c1nc(-c2c(F)cccc2F)cs1. The largest absolute Gasteiger partial charge is 0.296 e. The molecule has 1 aromatic carbocycles.